The van der Waals surface area contributed by atoms with Crippen molar-refractivity contribution in [1.29, 1.82) is 0 Å². The van der Waals surface area contributed by atoms with Gasteiger partial charge in [0.1, 0.15) is 9.75 Å². The molecule has 1 N–H and O–H groups in total. The van der Waals surface area contributed by atoms with E-state index in [1.54, 1.807) is 11.3 Å². The molecule has 30 heavy (non-hydrogen) atoms. The van der Waals surface area contributed by atoms with Crippen LogP contribution >= 0.6 is 22.9 Å². The van der Waals surface area contributed by atoms with Crippen molar-refractivity contribution in [3.63, 3.8) is 0 Å². The third-order valence-electron chi connectivity index (χ3n) is 6.75. The quantitative estimate of drug-likeness (QED) is 0.620. The van der Waals surface area contributed by atoms with Gasteiger partial charge in [0.2, 0.25) is 11.7 Å². The highest BCUT2D eigenvalue weighted by atomic mass is 35.5. The van der Waals surface area contributed by atoms with Crippen LogP contribution in [0.1, 0.15) is 53.6 Å². The van der Waals surface area contributed by atoms with Crippen molar-refractivity contribution in [2.75, 3.05) is 6.26 Å². The number of sulfone groups is 1. The number of hydrogen-bond acceptors (Lipinski definition) is 7. The standard InChI is InChI=1S/C20H18ClN3O4S2/c1-30(26,27)20(4-5-20)16-22-7-13(28-16)15(25)24-19-8-18(9-19,10-19)17-23-12-3-2-11(21)6-14(12)29-17/h2-3,6-7H,4-5,8-10H2,1H3,(H,24,25). The normalized spacial score (nSPS) is 28.6. The summed E-state index contributed by atoms with van der Waals surface area (Å²) in [4.78, 5) is 21.6. The van der Waals surface area contributed by atoms with Gasteiger partial charge in [-0.05, 0) is 50.3 Å². The maximum atomic E-state index is 12.7. The monoisotopic (exact) mass is 463 g/mol. The first-order valence-electron chi connectivity index (χ1n) is 9.69. The lowest BCUT2D eigenvalue weighted by Crippen LogP contribution is -2.76. The number of rotatable bonds is 5. The van der Waals surface area contributed by atoms with Crippen LogP contribution in [-0.2, 0) is 20.0 Å². The van der Waals surface area contributed by atoms with Crippen molar-refractivity contribution in [3.8, 4) is 0 Å². The smallest absolute Gasteiger partial charge is 0.289 e. The van der Waals surface area contributed by atoms with Gasteiger partial charge in [-0.1, -0.05) is 11.6 Å². The van der Waals surface area contributed by atoms with E-state index >= 15 is 0 Å². The van der Waals surface area contributed by atoms with Crippen LogP contribution in [0.15, 0.2) is 28.8 Å². The fraction of sp³-hybridized carbons (Fsp3) is 0.450. The molecule has 4 aliphatic carbocycles. The lowest BCUT2D eigenvalue weighted by molar-refractivity contribution is -0.0811. The summed E-state index contributed by atoms with van der Waals surface area (Å²) in [5, 5.41) is 4.87. The van der Waals surface area contributed by atoms with E-state index in [2.05, 4.69) is 10.3 Å². The molecule has 4 fully saturated rings. The predicted octanol–water partition coefficient (Wildman–Crippen LogP) is 3.58. The van der Waals surface area contributed by atoms with E-state index in [4.69, 9.17) is 21.0 Å². The third kappa shape index (κ3) is 2.48. The molecule has 7 nitrogen and oxygen atoms in total. The topological polar surface area (TPSA) is 102 Å². The highest BCUT2D eigenvalue weighted by Gasteiger charge is 2.70. The molecule has 156 valence electrons. The molecule has 4 aliphatic rings. The van der Waals surface area contributed by atoms with E-state index in [0.29, 0.717) is 17.9 Å². The molecule has 0 saturated heterocycles. The Labute approximate surface area is 181 Å². The van der Waals surface area contributed by atoms with E-state index in [-0.39, 0.29) is 28.5 Å². The second-order valence-electron chi connectivity index (χ2n) is 8.97. The maximum absolute atomic E-state index is 12.7. The number of benzene rings is 1. The summed E-state index contributed by atoms with van der Waals surface area (Å²) in [6, 6.07) is 5.72. The molecule has 0 atom stereocenters. The van der Waals surface area contributed by atoms with Crippen molar-refractivity contribution in [2.24, 2.45) is 0 Å². The first-order valence-corrected chi connectivity index (χ1v) is 12.8. The number of nitrogens with one attached hydrogen (secondary N) is 1. The number of halogens is 1. The Morgan fingerprint density at radius 1 is 1.27 bits per heavy atom. The highest BCUT2D eigenvalue weighted by Crippen LogP contribution is 2.68. The molecular formula is C20H18ClN3O4S2. The van der Waals surface area contributed by atoms with Gasteiger partial charge in [0.05, 0.1) is 16.4 Å². The third-order valence-corrected chi connectivity index (χ3v) is 10.2. The van der Waals surface area contributed by atoms with Crippen LogP contribution in [0, 0.1) is 0 Å². The lowest BCUT2D eigenvalue weighted by Gasteiger charge is -2.69. The van der Waals surface area contributed by atoms with Gasteiger partial charge in [0, 0.05) is 22.2 Å². The molecule has 4 saturated carbocycles. The second-order valence-corrected chi connectivity index (χ2v) is 12.8. The Morgan fingerprint density at radius 3 is 2.67 bits per heavy atom. The molecule has 10 heteroatoms. The minimum absolute atomic E-state index is 0.0321. The summed E-state index contributed by atoms with van der Waals surface area (Å²) in [7, 11) is -3.33. The molecule has 2 heterocycles. The van der Waals surface area contributed by atoms with Crippen LogP contribution < -0.4 is 5.32 Å². The number of nitrogens with zero attached hydrogens (tertiary/aromatic N) is 2. The fourth-order valence-corrected chi connectivity index (χ4v) is 7.70. The number of aromatic nitrogens is 2. The van der Waals surface area contributed by atoms with E-state index in [0.717, 1.165) is 34.5 Å². The SMILES string of the molecule is CS(=O)(=O)C1(c2ncc(C(=O)NC34CC(c5nc6ccc(Cl)cc6s5)(C3)C4)o2)CC1. The van der Waals surface area contributed by atoms with Gasteiger partial charge in [-0.25, -0.2) is 18.4 Å². The number of fused-ring (bicyclic) bond motifs is 1. The van der Waals surface area contributed by atoms with Gasteiger partial charge in [-0.15, -0.1) is 11.3 Å². The van der Waals surface area contributed by atoms with Gasteiger partial charge in [0.25, 0.3) is 5.91 Å². The Balaban J connectivity index is 1.16. The molecule has 0 radical (unpaired) electrons. The van der Waals surface area contributed by atoms with Crippen molar-refractivity contribution in [3.05, 3.63) is 46.1 Å². The predicted molar refractivity (Wildman–Crippen MR) is 113 cm³/mol. The number of hydrogen-bond donors (Lipinski definition) is 1. The van der Waals surface area contributed by atoms with Gasteiger partial charge in [-0.3, -0.25) is 4.79 Å². The molecule has 2 aromatic heterocycles. The molecule has 7 rings (SSSR count). The van der Waals surface area contributed by atoms with Crippen LogP contribution in [0.2, 0.25) is 5.02 Å². The molecular weight excluding hydrogens is 446 g/mol. The molecule has 1 aromatic carbocycles. The van der Waals surface area contributed by atoms with Crippen LogP contribution in [0.5, 0.6) is 0 Å². The number of oxazole rings is 1. The Kier molecular flexibility index (Phi) is 3.52. The van der Waals surface area contributed by atoms with E-state index < -0.39 is 14.6 Å². The summed E-state index contributed by atoms with van der Waals surface area (Å²) < 4.78 is 29.6. The minimum Gasteiger partial charge on any atom is -0.434 e. The summed E-state index contributed by atoms with van der Waals surface area (Å²) in [6.07, 6.45) is 5.99. The number of carbonyl (C=O) groups is 1. The van der Waals surface area contributed by atoms with Crippen molar-refractivity contribution in [2.45, 2.75) is 47.8 Å². The Hall–Kier alpha value is -1.97. The van der Waals surface area contributed by atoms with Crippen LogP contribution in [0.25, 0.3) is 10.2 Å². The van der Waals surface area contributed by atoms with Crippen LogP contribution in [-0.4, -0.2) is 36.1 Å². The first-order chi connectivity index (χ1) is 14.1. The molecule has 0 aliphatic heterocycles. The minimum atomic E-state index is -3.33. The van der Waals surface area contributed by atoms with E-state index in [1.165, 1.54) is 12.5 Å². The Bertz CT molecular complexity index is 1320. The molecule has 2 bridgehead atoms. The summed E-state index contributed by atoms with van der Waals surface area (Å²) in [5.74, 6) is -0.159. The largest absolute Gasteiger partial charge is 0.434 e. The van der Waals surface area contributed by atoms with Crippen molar-refractivity contribution >= 4 is 48.9 Å². The van der Waals surface area contributed by atoms with Gasteiger partial charge in [0.15, 0.2) is 9.84 Å². The van der Waals surface area contributed by atoms with Crippen LogP contribution in [0.4, 0.5) is 0 Å². The molecule has 0 spiro atoms. The number of amides is 1. The van der Waals surface area contributed by atoms with E-state index in [9.17, 15) is 13.2 Å². The number of thiazole rings is 1. The van der Waals surface area contributed by atoms with Crippen LogP contribution in [0.3, 0.4) is 0 Å². The Morgan fingerprint density at radius 2 is 2.00 bits per heavy atom. The maximum Gasteiger partial charge on any atom is 0.289 e. The van der Waals surface area contributed by atoms with Gasteiger partial charge in [-0.2, -0.15) is 0 Å². The number of carbonyl (C=O) groups excluding carboxylic acids is 1. The highest BCUT2D eigenvalue weighted by molar-refractivity contribution is 7.91. The molecule has 1 amide bonds. The average Bonchev–Trinajstić information content (AvgIpc) is 3.11. The van der Waals surface area contributed by atoms with Gasteiger partial charge < -0.3 is 9.73 Å². The average molecular weight is 464 g/mol. The zero-order valence-corrected chi connectivity index (χ0v) is 18.5. The second kappa shape index (κ2) is 5.63. The molecule has 0 unspecified atom stereocenters. The summed E-state index contributed by atoms with van der Waals surface area (Å²) in [5.41, 5.74) is 0.745. The summed E-state index contributed by atoms with van der Waals surface area (Å²) >= 11 is 7.75. The lowest BCUT2D eigenvalue weighted by atomic mass is 9.39. The fourth-order valence-electron chi connectivity index (χ4n) is 5.02. The van der Waals surface area contributed by atoms with Crippen molar-refractivity contribution in [1.82, 2.24) is 15.3 Å². The first kappa shape index (κ1) is 18.8. The summed E-state index contributed by atoms with van der Waals surface area (Å²) in [6.45, 7) is 0. The molecule has 3 aromatic rings. The van der Waals surface area contributed by atoms with E-state index in [1.807, 2.05) is 18.2 Å². The van der Waals surface area contributed by atoms with Gasteiger partial charge >= 0.3 is 0 Å². The van der Waals surface area contributed by atoms with Crippen molar-refractivity contribution < 1.29 is 17.6 Å². The zero-order chi connectivity index (χ0) is 20.9. The zero-order valence-electron chi connectivity index (χ0n) is 16.1.